The number of aromatic hydroxyl groups is 1. The summed E-state index contributed by atoms with van der Waals surface area (Å²) in [5, 5.41) is 36.5. The Morgan fingerprint density at radius 1 is 0.912 bits per heavy atom. The number of phenols is 1. The lowest BCUT2D eigenvalue weighted by molar-refractivity contribution is -0.139. The number of fused-ring (bicyclic) bond motifs is 1. The third-order valence-electron chi connectivity index (χ3n) is 10.3. The van der Waals surface area contributed by atoms with Crippen LogP contribution in [0.4, 0.5) is 4.39 Å². The Morgan fingerprint density at radius 3 is 2.39 bits per heavy atom. The van der Waals surface area contributed by atoms with Crippen molar-refractivity contribution in [1.29, 1.82) is 0 Å². The molecule has 2 heterocycles. The molecule has 0 saturated heterocycles. The van der Waals surface area contributed by atoms with Crippen LogP contribution >= 0.6 is 11.6 Å². The van der Waals surface area contributed by atoms with Gasteiger partial charge in [0.15, 0.2) is 0 Å². The molecule has 2 aromatic heterocycles. The maximum atomic E-state index is 14.2. The number of amides is 1. The summed E-state index contributed by atoms with van der Waals surface area (Å²) >= 11 is 6.16. The summed E-state index contributed by atoms with van der Waals surface area (Å²) in [7, 11) is 0. The predicted octanol–water partition coefficient (Wildman–Crippen LogP) is 8.56. The lowest BCUT2D eigenvalue weighted by Gasteiger charge is -2.25. The topological polar surface area (TPSA) is 168 Å². The number of halogens is 2. The molecule has 14 heteroatoms. The van der Waals surface area contributed by atoms with Crippen molar-refractivity contribution in [2.75, 3.05) is 0 Å². The van der Waals surface area contributed by atoms with Gasteiger partial charge >= 0.3 is 5.97 Å². The van der Waals surface area contributed by atoms with E-state index in [4.69, 9.17) is 21.3 Å². The molecular weight excluding hydrogens is 749 g/mol. The fourth-order valence-corrected chi connectivity index (χ4v) is 7.59. The zero-order chi connectivity index (χ0) is 39.5. The minimum absolute atomic E-state index is 0.0116. The zero-order valence-corrected chi connectivity index (χ0v) is 31.3. The van der Waals surface area contributed by atoms with E-state index >= 15 is 0 Å². The molecule has 5 aromatic carbocycles. The quantitative estimate of drug-likeness (QED) is 0.0949. The molecular formula is C43H37ClFN7O5. The highest BCUT2D eigenvalue weighted by atomic mass is 35.5. The van der Waals surface area contributed by atoms with Gasteiger partial charge in [-0.25, -0.2) is 14.2 Å². The van der Waals surface area contributed by atoms with E-state index in [1.807, 2.05) is 36.4 Å². The van der Waals surface area contributed by atoms with E-state index in [9.17, 15) is 24.2 Å². The Kier molecular flexibility index (Phi) is 10.6. The Labute approximate surface area is 331 Å². The summed E-state index contributed by atoms with van der Waals surface area (Å²) in [5.74, 6) is -0.393. The largest absolute Gasteiger partial charge is 0.508 e. The third kappa shape index (κ3) is 8.19. The Bertz CT molecular complexity index is 2560. The standard InChI is InChI=1S/C43H37ClFN7O5/c44-35-22-27(11-18-36(35)45)34-17-10-29(42(54)47-38(43(55)56)20-25-6-13-32(53)14-7-25)21-30(34)24-57-33-15-8-26(9-16-33)41-46-37-23-28(40-48-50-51-49-40)12-19-39(37)52(41)31-4-2-1-3-5-31/h6-19,21-23,31,38,53H,1-5,20,24H2,(H,47,54)(H,55,56)(H,48,49,50,51). The number of nitrogens with zero attached hydrogens (tertiary/aromatic N) is 5. The van der Waals surface area contributed by atoms with Crippen molar-refractivity contribution in [3.8, 4) is 45.4 Å². The van der Waals surface area contributed by atoms with Gasteiger partial charge in [0.1, 0.15) is 35.8 Å². The van der Waals surface area contributed by atoms with Crippen LogP contribution in [0.15, 0.2) is 103 Å². The minimum Gasteiger partial charge on any atom is -0.508 e. The van der Waals surface area contributed by atoms with Crippen molar-refractivity contribution in [1.82, 2.24) is 35.5 Å². The molecule has 1 unspecified atom stereocenters. The van der Waals surface area contributed by atoms with E-state index in [1.54, 1.807) is 36.4 Å². The highest BCUT2D eigenvalue weighted by Gasteiger charge is 2.24. The molecule has 12 nitrogen and oxygen atoms in total. The number of imidazole rings is 1. The summed E-state index contributed by atoms with van der Waals surface area (Å²) in [6.45, 7) is 0.0279. The number of nitrogens with one attached hydrogen (secondary N) is 2. The van der Waals surface area contributed by atoms with Crippen LogP contribution in [-0.2, 0) is 17.8 Å². The first-order valence-corrected chi connectivity index (χ1v) is 19.0. The monoisotopic (exact) mass is 785 g/mol. The van der Waals surface area contributed by atoms with E-state index in [1.165, 1.54) is 30.7 Å². The first-order valence-electron chi connectivity index (χ1n) is 18.6. The van der Waals surface area contributed by atoms with Crippen LogP contribution in [0.3, 0.4) is 0 Å². The predicted molar refractivity (Wildman–Crippen MR) is 212 cm³/mol. The van der Waals surface area contributed by atoms with Gasteiger partial charge in [-0.15, -0.1) is 10.2 Å². The summed E-state index contributed by atoms with van der Waals surface area (Å²) < 4.78 is 22.8. The zero-order valence-electron chi connectivity index (χ0n) is 30.5. The van der Waals surface area contributed by atoms with Gasteiger partial charge < -0.3 is 24.8 Å². The molecule has 1 fully saturated rings. The molecule has 8 rings (SSSR count). The number of aromatic amines is 1. The number of rotatable bonds is 12. The average Bonchev–Trinajstić information content (AvgIpc) is 3.91. The fraction of sp³-hybridized carbons (Fsp3) is 0.209. The number of hydrogen-bond donors (Lipinski definition) is 4. The highest BCUT2D eigenvalue weighted by molar-refractivity contribution is 6.31. The van der Waals surface area contributed by atoms with Crippen LogP contribution in [0.2, 0.25) is 5.02 Å². The summed E-state index contributed by atoms with van der Waals surface area (Å²) in [5.41, 5.74) is 6.32. The van der Waals surface area contributed by atoms with Gasteiger partial charge in [-0.1, -0.05) is 55.1 Å². The van der Waals surface area contributed by atoms with Gasteiger partial charge in [-0.2, -0.15) is 5.21 Å². The second-order valence-electron chi connectivity index (χ2n) is 14.1. The lowest BCUT2D eigenvalue weighted by atomic mass is 9.95. The normalized spacial score (nSPS) is 13.7. The van der Waals surface area contributed by atoms with Crippen LogP contribution in [-0.4, -0.2) is 58.3 Å². The summed E-state index contributed by atoms with van der Waals surface area (Å²) in [6, 6.07) is 28.2. The molecule has 7 aromatic rings. The number of H-pyrrole nitrogens is 1. The number of hydrogen-bond acceptors (Lipinski definition) is 8. The lowest BCUT2D eigenvalue weighted by Crippen LogP contribution is -2.42. The van der Waals surface area contributed by atoms with Crippen molar-refractivity contribution in [3.05, 3.63) is 131 Å². The van der Waals surface area contributed by atoms with E-state index in [0.717, 1.165) is 53.7 Å². The molecule has 1 atom stereocenters. The molecule has 4 N–H and O–H groups in total. The van der Waals surface area contributed by atoms with Crippen LogP contribution in [0.1, 0.15) is 59.6 Å². The van der Waals surface area contributed by atoms with Crippen LogP contribution < -0.4 is 10.1 Å². The molecule has 0 aliphatic heterocycles. The Balaban J connectivity index is 1.06. The van der Waals surface area contributed by atoms with Crippen molar-refractivity contribution >= 4 is 34.5 Å². The molecule has 0 bridgehead atoms. The SMILES string of the molecule is O=C(NC(Cc1ccc(O)cc1)C(=O)O)c1ccc(-c2ccc(F)c(Cl)c2)c(COc2ccc(-c3nc4cc(-c5nn[nH]n5)ccc4n3C3CCCCC3)cc2)c1. The van der Waals surface area contributed by atoms with Gasteiger partial charge in [0.25, 0.3) is 5.91 Å². The number of carbonyl (C=O) groups excluding carboxylic acids is 1. The van der Waals surface area contributed by atoms with E-state index in [-0.39, 0.29) is 29.4 Å². The van der Waals surface area contributed by atoms with Crippen LogP contribution in [0, 0.1) is 5.82 Å². The smallest absolute Gasteiger partial charge is 0.326 e. The van der Waals surface area contributed by atoms with Gasteiger partial charge in [0.05, 0.1) is 16.1 Å². The summed E-state index contributed by atoms with van der Waals surface area (Å²) in [4.78, 5) is 30.7. The number of phenolic OH excluding ortho intramolecular Hbond substituents is 1. The van der Waals surface area contributed by atoms with Crippen LogP contribution in [0.5, 0.6) is 11.5 Å². The maximum Gasteiger partial charge on any atom is 0.326 e. The van der Waals surface area contributed by atoms with Gasteiger partial charge in [0, 0.05) is 29.2 Å². The molecule has 1 amide bonds. The first kappa shape index (κ1) is 37.3. The molecule has 0 spiro atoms. The average molecular weight is 786 g/mol. The van der Waals surface area contributed by atoms with Crippen molar-refractivity contribution in [3.63, 3.8) is 0 Å². The minimum atomic E-state index is -1.23. The number of aliphatic carboxylic acids is 1. The fourth-order valence-electron chi connectivity index (χ4n) is 7.40. The second-order valence-corrected chi connectivity index (χ2v) is 14.5. The number of carboxylic acid groups (broad SMARTS) is 1. The maximum absolute atomic E-state index is 14.2. The molecule has 57 heavy (non-hydrogen) atoms. The van der Waals surface area contributed by atoms with Gasteiger partial charge in [0.2, 0.25) is 5.82 Å². The molecule has 1 aliphatic carbocycles. The number of aromatic nitrogens is 6. The number of carbonyl (C=O) groups is 2. The highest BCUT2D eigenvalue weighted by Crippen LogP contribution is 2.37. The number of carboxylic acids is 1. The Morgan fingerprint density at radius 2 is 1.67 bits per heavy atom. The van der Waals surface area contributed by atoms with E-state index in [2.05, 4.69) is 36.6 Å². The molecule has 1 aliphatic rings. The van der Waals surface area contributed by atoms with Crippen LogP contribution in [0.25, 0.3) is 44.9 Å². The van der Waals surface area contributed by atoms with E-state index < -0.39 is 23.7 Å². The second kappa shape index (κ2) is 16.2. The summed E-state index contributed by atoms with van der Waals surface area (Å²) in [6.07, 6.45) is 5.69. The molecule has 288 valence electrons. The Hall–Kier alpha value is -6.60. The van der Waals surface area contributed by atoms with Gasteiger partial charge in [-0.3, -0.25) is 4.79 Å². The van der Waals surface area contributed by atoms with Crippen molar-refractivity contribution < 1.29 is 28.9 Å². The molecule has 1 saturated carbocycles. The van der Waals surface area contributed by atoms with Gasteiger partial charge in [-0.05, 0) is 119 Å². The number of benzene rings is 5. The first-order chi connectivity index (χ1) is 27.7. The number of tetrazole rings is 1. The number of ether oxygens (including phenoxy) is 1. The third-order valence-corrected chi connectivity index (χ3v) is 10.6. The molecule has 0 radical (unpaired) electrons. The van der Waals surface area contributed by atoms with Crippen molar-refractivity contribution in [2.24, 2.45) is 0 Å². The van der Waals surface area contributed by atoms with Crippen molar-refractivity contribution in [2.45, 2.75) is 57.2 Å². The van der Waals surface area contributed by atoms with E-state index in [0.29, 0.717) is 39.9 Å².